The first-order valence-electron chi connectivity index (χ1n) is 9.94. The number of rotatable bonds is 6. The van der Waals surface area contributed by atoms with E-state index in [1.807, 2.05) is 19.1 Å². The van der Waals surface area contributed by atoms with E-state index in [-0.39, 0.29) is 11.8 Å². The monoisotopic (exact) mass is 383 g/mol. The molecule has 1 atom stereocenters. The minimum Gasteiger partial charge on any atom is -0.456 e. The summed E-state index contributed by atoms with van der Waals surface area (Å²) < 4.78 is 5.42. The molecule has 6 nitrogen and oxygen atoms in total. The molecule has 1 saturated heterocycles. The summed E-state index contributed by atoms with van der Waals surface area (Å²) in [6, 6.07) is 11.6. The van der Waals surface area contributed by atoms with Crippen LogP contribution in [-0.4, -0.2) is 54.3 Å². The van der Waals surface area contributed by atoms with Gasteiger partial charge < -0.3 is 14.6 Å². The van der Waals surface area contributed by atoms with Crippen LogP contribution in [0.3, 0.4) is 0 Å². The molecule has 6 heteroatoms. The topological polar surface area (TPSA) is 65.8 Å². The van der Waals surface area contributed by atoms with Crippen LogP contribution in [0.4, 0.5) is 5.69 Å². The van der Waals surface area contributed by atoms with Gasteiger partial charge in [-0.3, -0.25) is 14.5 Å². The SMILES string of the molecule is CCC(C)c1ccc(NC(=O)CN2CCN(C(=O)c3ccc(C)o3)CC2)cc1. The van der Waals surface area contributed by atoms with Crippen LogP contribution in [0.25, 0.3) is 0 Å². The summed E-state index contributed by atoms with van der Waals surface area (Å²) in [4.78, 5) is 28.6. The molecule has 1 N–H and O–H groups in total. The second-order valence-corrected chi connectivity index (χ2v) is 7.46. The standard InChI is InChI=1S/C22H29N3O3/c1-4-16(2)18-6-8-19(9-7-18)23-21(26)15-24-11-13-25(14-12-24)22(27)20-10-5-17(3)28-20/h5-10,16H,4,11-15H2,1-3H3,(H,23,26). The molecule has 2 heterocycles. The molecule has 1 aliphatic rings. The normalized spacial score (nSPS) is 16.0. The first-order valence-corrected chi connectivity index (χ1v) is 9.94. The molecule has 1 aromatic carbocycles. The van der Waals surface area contributed by atoms with Gasteiger partial charge in [-0.15, -0.1) is 0 Å². The molecule has 3 rings (SSSR count). The molecule has 1 unspecified atom stereocenters. The van der Waals surface area contributed by atoms with Gasteiger partial charge in [-0.2, -0.15) is 0 Å². The van der Waals surface area contributed by atoms with Crippen LogP contribution in [0.15, 0.2) is 40.8 Å². The van der Waals surface area contributed by atoms with Gasteiger partial charge in [-0.25, -0.2) is 0 Å². The number of carbonyl (C=O) groups excluding carboxylic acids is 2. The van der Waals surface area contributed by atoms with E-state index in [4.69, 9.17) is 4.42 Å². The predicted molar refractivity (Wildman–Crippen MR) is 110 cm³/mol. The number of hydrogen-bond acceptors (Lipinski definition) is 4. The zero-order valence-corrected chi connectivity index (χ0v) is 16.9. The van der Waals surface area contributed by atoms with Gasteiger partial charge in [0.25, 0.3) is 5.91 Å². The van der Waals surface area contributed by atoms with Gasteiger partial charge in [0.2, 0.25) is 5.91 Å². The van der Waals surface area contributed by atoms with Crippen molar-refractivity contribution in [2.45, 2.75) is 33.1 Å². The molecular formula is C22H29N3O3. The molecule has 0 bridgehead atoms. The highest BCUT2D eigenvalue weighted by atomic mass is 16.3. The zero-order chi connectivity index (χ0) is 20.1. The lowest BCUT2D eigenvalue weighted by molar-refractivity contribution is -0.117. The largest absolute Gasteiger partial charge is 0.456 e. The predicted octanol–water partition coefficient (Wildman–Crippen LogP) is 3.50. The van der Waals surface area contributed by atoms with Gasteiger partial charge in [0.15, 0.2) is 5.76 Å². The Hall–Kier alpha value is -2.60. The van der Waals surface area contributed by atoms with Crippen LogP contribution in [0.5, 0.6) is 0 Å². The fourth-order valence-electron chi connectivity index (χ4n) is 3.35. The maximum absolute atomic E-state index is 12.4. The van der Waals surface area contributed by atoms with Crippen molar-refractivity contribution in [2.24, 2.45) is 0 Å². The zero-order valence-electron chi connectivity index (χ0n) is 16.9. The first kappa shape index (κ1) is 20.1. The number of carbonyl (C=O) groups is 2. The number of benzene rings is 1. The molecule has 1 aromatic heterocycles. The number of anilines is 1. The average molecular weight is 383 g/mol. The maximum atomic E-state index is 12.4. The van der Waals surface area contributed by atoms with E-state index < -0.39 is 0 Å². The Morgan fingerprint density at radius 3 is 2.32 bits per heavy atom. The summed E-state index contributed by atoms with van der Waals surface area (Å²) in [5.74, 6) is 1.52. The van der Waals surface area contributed by atoms with Gasteiger partial charge in [0.1, 0.15) is 5.76 Å². The minimum absolute atomic E-state index is 0.0299. The summed E-state index contributed by atoms with van der Waals surface area (Å²) in [6.07, 6.45) is 1.10. The Labute approximate surface area is 166 Å². The van der Waals surface area contributed by atoms with Crippen LogP contribution in [0, 0.1) is 6.92 Å². The number of nitrogens with zero attached hydrogens (tertiary/aromatic N) is 2. The van der Waals surface area contributed by atoms with E-state index >= 15 is 0 Å². The van der Waals surface area contributed by atoms with E-state index in [2.05, 4.69) is 36.2 Å². The van der Waals surface area contributed by atoms with Gasteiger partial charge in [-0.1, -0.05) is 26.0 Å². The lowest BCUT2D eigenvalue weighted by Gasteiger charge is -2.33. The molecular weight excluding hydrogens is 354 g/mol. The molecule has 2 aromatic rings. The molecule has 0 saturated carbocycles. The van der Waals surface area contributed by atoms with Crippen molar-refractivity contribution in [1.29, 1.82) is 0 Å². The Morgan fingerprint density at radius 1 is 1.07 bits per heavy atom. The summed E-state index contributed by atoms with van der Waals surface area (Å²) in [7, 11) is 0. The van der Waals surface area contributed by atoms with E-state index in [0.29, 0.717) is 44.4 Å². The summed E-state index contributed by atoms with van der Waals surface area (Å²) in [6.45, 7) is 9.05. The second-order valence-electron chi connectivity index (χ2n) is 7.46. The number of furan rings is 1. The molecule has 2 amide bonds. The third-order valence-electron chi connectivity index (χ3n) is 5.35. The van der Waals surface area contributed by atoms with Gasteiger partial charge in [0.05, 0.1) is 6.54 Å². The quantitative estimate of drug-likeness (QED) is 0.829. The third kappa shape index (κ3) is 5.01. The highest BCUT2D eigenvalue weighted by molar-refractivity contribution is 5.92. The van der Waals surface area contributed by atoms with Crippen LogP contribution in [0.1, 0.15) is 48.1 Å². The van der Waals surface area contributed by atoms with Gasteiger partial charge in [-0.05, 0) is 49.1 Å². The van der Waals surface area contributed by atoms with Crippen molar-refractivity contribution < 1.29 is 14.0 Å². The van der Waals surface area contributed by atoms with Crippen molar-refractivity contribution in [2.75, 3.05) is 38.0 Å². The summed E-state index contributed by atoms with van der Waals surface area (Å²) >= 11 is 0. The molecule has 1 fully saturated rings. The highest BCUT2D eigenvalue weighted by Gasteiger charge is 2.25. The van der Waals surface area contributed by atoms with E-state index in [0.717, 1.165) is 17.9 Å². The van der Waals surface area contributed by atoms with Crippen molar-refractivity contribution in [1.82, 2.24) is 9.80 Å². The molecule has 1 aliphatic heterocycles. The molecule has 28 heavy (non-hydrogen) atoms. The van der Waals surface area contributed by atoms with E-state index in [9.17, 15) is 9.59 Å². The number of hydrogen-bond donors (Lipinski definition) is 1. The number of piperazine rings is 1. The molecule has 0 aliphatic carbocycles. The van der Waals surface area contributed by atoms with Crippen LogP contribution >= 0.6 is 0 Å². The average Bonchev–Trinajstić information content (AvgIpc) is 3.14. The summed E-state index contributed by atoms with van der Waals surface area (Å²) in [5.41, 5.74) is 2.10. The molecule has 0 spiro atoms. The number of aryl methyl sites for hydroxylation is 1. The Bertz CT molecular complexity index is 805. The number of nitrogens with one attached hydrogen (secondary N) is 1. The minimum atomic E-state index is -0.0846. The smallest absolute Gasteiger partial charge is 0.289 e. The first-order chi connectivity index (χ1) is 13.5. The fraction of sp³-hybridized carbons (Fsp3) is 0.455. The van der Waals surface area contributed by atoms with E-state index in [1.54, 1.807) is 17.0 Å². The van der Waals surface area contributed by atoms with Crippen LogP contribution in [0.2, 0.25) is 0 Å². The fourth-order valence-corrected chi connectivity index (χ4v) is 3.35. The van der Waals surface area contributed by atoms with Crippen molar-refractivity contribution in [3.63, 3.8) is 0 Å². The van der Waals surface area contributed by atoms with Gasteiger partial charge >= 0.3 is 0 Å². The Kier molecular flexibility index (Phi) is 6.52. The highest BCUT2D eigenvalue weighted by Crippen LogP contribution is 2.20. The van der Waals surface area contributed by atoms with Crippen molar-refractivity contribution >= 4 is 17.5 Å². The van der Waals surface area contributed by atoms with Gasteiger partial charge in [0, 0.05) is 31.9 Å². The molecule has 0 radical (unpaired) electrons. The van der Waals surface area contributed by atoms with Crippen LogP contribution < -0.4 is 5.32 Å². The Balaban J connectivity index is 1.45. The van der Waals surface area contributed by atoms with Crippen molar-refractivity contribution in [3.8, 4) is 0 Å². The molecule has 150 valence electrons. The van der Waals surface area contributed by atoms with Crippen molar-refractivity contribution in [3.05, 3.63) is 53.5 Å². The summed E-state index contributed by atoms with van der Waals surface area (Å²) in [5, 5.41) is 2.96. The van der Waals surface area contributed by atoms with E-state index in [1.165, 1.54) is 5.56 Å². The maximum Gasteiger partial charge on any atom is 0.289 e. The lowest BCUT2D eigenvalue weighted by Crippen LogP contribution is -2.50. The lowest BCUT2D eigenvalue weighted by atomic mass is 9.99. The van der Waals surface area contributed by atoms with Crippen LogP contribution in [-0.2, 0) is 4.79 Å². The number of amides is 2. The third-order valence-corrected chi connectivity index (χ3v) is 5.35. The second kappa shape index (κ2) is 9.06. The Morgan fingerprint density at radius 2 is 1.75 bits per heavy atom.